The second kappa shape index (κ2) is 5.68. The first-order valence-corrected chi connectivity index (χ1v) is 6.20. The van der Waals surface area contributed by atoms with Crippen LogP contribution in [0.4, 0.5) is 0 Å². The molecular formula is C13H13BrN2O. The van der Waals surface area contributed by atoms with Gasteiger partial charge in [0, 0.05) is 23.6 Å². The Hall–Kier alpha value is -1.55. The third-order valence-electron chi connectivity index (χ3n) is 2.35. The number of carbonyl (C=O) groups is 1. The van der Waals surface area contributed by atoms with Gasteiger partial charge < -0.3 is 10.6 Å². The summed E-state index contributed by atoms with van der Waals surface area (Å²) in [4.78, 5) is 11.6. The van der Waals surface area contributed by atoms with Crippen molar-refractivity contribution in [3.05, 3.63) is 52.3 Å². The molecule has 2 N–H and O–H groups in total. The first kappa shape index (κ1) is 11.9. The number of carbonyl (C=O) groups excluding carboxylic acids is 1. The van der Waals surface area contributed by atoms with E-state index in [0.717, 1.165) is 28.9 Å². The van der Waals surface area contributed by atoms with E-state index in [0.29, 0.717) is 0 Å². The van der Waals surface area contributed by atoms with Crippen molar-refractivity contribution >= 4 is 27.8 Å². The fourth-order valence-corrected chi connectivity index (χ4v) is 1.77. The van der Waals surface area contributed by atoms with Crippen LogP contribution in [-0.4, -0.2) is 18.9 Å². The molecule has 1 aromatic carbocycles. The summed E-state index contributed by atoms with van der Waals surface area (Å²) in [6.07, 6.45) is 4.95. The molecule has 0 spiro atoms. The Bertz CT molecular complexity index is 455. The standard InChI is InChI=1S/C13H13BrN2O/c14-11-4-1-10(2-5-11)3-6-12(17)9-13-15-7-8-16-13/h1-6,9,15-16H,7-8H2/b6-3+. The lowest BCUT2D eigenvalue weighted by Crippen LogP contribution is -2.11. The second-order valence-corrected chi connectivity index (χ2v) is 4.61. The van der Waals surface area contributed by atoms with Crippen LogP contribution in [0.15, 0.2) is 46.7 Å². The van der Waals surface area contributed by atoms with Crippen LogP contribution in [0.5, 0.6) is 0 Å². The smallest absolute Gasteiger partial charge is 0.182 e. The largest absolute Gasteiger partial charge is 0.370 e. The Balaban J connectivity index is 1.98. The van der Waals surface area contributed by atoms with E-state index in [2.05, 4.69) is 26.6 Å². The average Bonchev–Trinajstić information content (AvgIpc) is 2.81. The summed E-state index contributed by atoms with van der Waals surface area (Å²) >= 11 is 3.37. The summed E-state index contributed by atoms with van der Waals surface area (Å²) in [5.41, 5.74) is 1.01. The van der Waals surface area contributed by atoms with Crippen molar-refractivity contribution in [1.82, 2.24) is 10.6 Å². The average molecular weight is 293 g/mol. The van der Waals surface area contributed by atoms with Crippen LogP contribution in [0.2, 0.25) is 0 Å². The Kier molecular flexibility index (Phi) is 3.98. The van der Waals surface area contributed by atoms with Gasteiger partial charge in [-0.3, -0.25) is 4.79 Å². The highest BCUT2D eigenvalue weighted by molar-refractivity contribution is 9.10. The minimum atomic E-state index is -0.0233. The molecule has 0 aliphatic carbocycles. The molecule has 0 radical (unpaired) electrons. The van der Waals surface area contributed by atoms with Crippen molar-refractivity contribution in [2.24, 2.45) is 0 Å². The molecule has 1 aromatic rings. The highest BCUT2D eigenvalue weighted by Gasteiger charge is 2.04. The third-order valence-corrected chi connectivity index (χ3v) is 2.88. The highest BCUT2D eigenvalue weighted by atomic mass is 79.9. The molecule has 1 aliphatic heterocycles. The lowest BCUT2D eigenvalue weighted by molar-refractivity contribution is -0.110. The predicted molar refractivity (Wildman–Crippen MR) is 72.3 cm³/mol. The lowest BCUT2D eigenvalue weighted by atomic mass is 10.2. The second-order valence-electron chi connectivity index (χ2n) is 3.70. The van der Waals surface area contributed by atoms with Crippen LogP contribution in [0.25, 0.3) is 6.08 Å². The number of halogens is 1. The topological polar surface area (TPSA) is 41.1 Å². The monoisotopic (exact) mass is 292 g/mol. The zero-order valence-corrected chi connectivity index (χ0v) is 10.8. The Morgan fingerprint density at radius 1 is 1.18 bits per heavy atom. The Morgan fingerprint density at radius 2 is 1.82 bits per heavy atom. The van der Waals surface area contributed by atoms with Crippen LogP contribution in [0.3, 0.4) is 0 Å². The van der Waals surface area contributed by atoms with Crippen molar-refractivity contribution in [3.8, 4) is 0 Å². The minimum absolute atomic E-state index is 0.0233. The van der Waals surface area contributed by atoms with Gasteiger partial charge in [0.05, 0.1) is 0 Å². The first-order valence-electron chi connectivity index (χ1n) is 5.41. The van der Waals surface area contributed by atoms with Gasteiger partial charge in [-0.1, -0.05) is 34.1 Å². The van der Waals surface area contributed by atoms with E-state index in [1.807, 2.05) is 24.3 Å². The molecule has 0 unspecified atom stereocenters. The maximum atomic E-state index is 11.6. The van der Waals surface area contributed by atoms with E-state index >= 15 is 0 Å². The summed E-state index contributed by atoms with van der Waals surface area (Å²) in [6, 6.07) is 7.80. The molecule has 0 bridgehead atoms. The molecule has 1 aliphatic rings. The fraction of sp³-hybridized carbons (Fsp3) is 0.154. The lowest BCUT2D eigenvalue weighted by Gasteiger charge is -1.96. The van der Waals surface area contributed by atoms with Crippen LogP contribution in [0.1, 0.15) is 5.56 Å². The van der Waals surface area contributed by atoms with E-state index < -0.39 is 0 Å². The van der Waals surface area contributed by atoms with Crippen molar-refractivity contribution in [2.45, 2.75) is 0 Å². The summed E-state index contributed by atoms with van der Waals surface area (Å²) in [7, 11) is 0. The van der Waals surface area contributed by atoms with E-state index in [1.54, 1.807) is 18.2 Å². The number of ketones is 1. The highest BCUT2D eigenvalue weighted by Crippen LogP contribution is 2.11. The molecule has 1 fully saturated rings. The Morgan fingerprint density at radius 3 is 2.47 bits per heavy atom. The van der Waals surface area contributed by atoms with E-state index in [4.69, 9.17) is 0 Å². The molecule has 17 heavy (non-hydrogen) atoms. The van der Waals surface area contributed by atoms with Crippen molar-refractivity contribution in [3.63, 3.8) is 0 Å². The van der Waals surface area contributed by atoms with E-state index in [-0.39, 0.29) is 5.78 Å². The van der Waals surface area contributed by atoms with Gasteiger partial charge in [0.25, 0.3) is 0 Å². The summed E-state index contributed by atoms with van der Waals surface area (Å²) in [6.45, 7) is 1.74. The molecule has 0 aromatic heterocycles. The summed E-state index contributed by atoms with van der Waals surface area (Å²) in [5.74, 6) is 0.778. The maximum Gasteiger partial charge on any atom is 0.182 e. The molecule has 2 rings (SSSR count). The minimum Gasteiger partial charge on any atom is -0.370 e. The molecule has 0 atom stereocenters. The molecule has 1 saturated heterocycles. The predicted octanol–water partition coefficient (Wildman–Crippen LogP) is 2.07. The van der Waals surface area contributed by atoms with Crippen molar-refractivity contribution in [2.75, 3.05) is 13.1 Å². The van der Waals surface area contributed by atoms with E-state index in [9.17, 15) is 4.79 Å². The van der Waals surface area contributed by atoms with Gasteiger partial charge in [0.2, 0.25) is 0 Å². The summed E-state index contributed by atoms with van der Waals surface area (Å²) in [5, 5.41) is 6.16. The van der Waals surface area contributed by atoms with Gasteiger partial charge in [-0.25, -0.2) is 0 Å². The Labute approximate surface area is 109 Å². The number of benzene rings is 1. The van der Waals surface area contributed by atoms with Crippen LogP contribution >= 0.6 is 15.9 Å². The van der Waals surface area contributed by atoms with E-state index in [1.165, 1.54) is 0 Å². The zero-order valence-electron chi connectivity index (χ0n) is 9.24. The van der Waals surface area contributed by atoms with Crippen LogP contribution in [-0.2, 0) is 4.79 Å². The van der Waals surface area contributed by atoms with Gasteiger partial charge in [-0.05, 0) is 23.8 Å². The van der Waals surface area contributed by atoms with Gasteiger partial charge in [-0.15, -0.1) is 0 Å². The first-order chi connectivity index (χ1) is 8.24. The number of hydrogen-bond donors (Lipinski definition) is 2. The van der Waals surface area contributed by atoms with Crippen molar-refractivity contribution in [1.29, 1.82) is 0 Å². The number of rotatable bonds is 3. The van der Waals surface area contributed by atoms with Gasteiger partial charge >= 0.3 is 0 Å². The van der Waals surface area contributed by atoms with Gasteiger partial charge in [0.15, 0.2) is 5.78 Å². The SMILES string of the molecule is O=C(C=C1NCCN1)/C=C/c1ccc(Br)cc1. The molecular weight excluding hydrogens is 280 g/mol. The summed E-state index contributed by atoms with van der Waals surface area (Å²) < 4.78 is 1.03. The maximum absolute atomic E-state index is 11.6. The molecule has 1 heterocycles. The molecule has 88 valence electrons. The number of hydrogen-bond acceptors (Lipinski definition) is 3. The van der Waals surface area contributed by atoms with Crippen LogP contribution < -0.4 is 10.6 Å². The zero-order chi connectivity index (χ0) is 12.1. The number of allylic oxidation sites excluding steroid dienone is 2. The van der Waals surface area contributed by atoms with Gasteiger partial charge in [-0.2, -0.15) is 0 Å². The molecule has 0 saturated carbocycles. The quantitative estimate of drug-likeness (QED) is 0.838. The van der Waals surface area contributed by atoms with Crippen molar-refractivity contribution < 1.29 is 4.79 Å². The van der Waals surface area contributed by atoms with Gasteiger partial charge in [0.1, 0.15) is 5.82 Å². The fourth-order valence-electron chi connectivity index (χ4n) is 1.50. The normalized spacial score (nSPS) is 14.5. The molecule has 4 heteroatoms. The molecule has 3 nitrogen and oxygen atoms in total. The third kappa shape index (κ3) is 3.75. The molecule has 0 amide bonds. The number of nitrogens with one attached hydrogen (secondary N) is 2. The van der Waals surface area contributed by atoms with Crippen LogP contribution in [0, 0.1) is 0 Å².